The van der Waals surface area contributed by atoms with Gasteiger partial charge in [-0.1, -0.05) is 12.1 Å². The van der Waals surface area contributed by atoms with Crippen molar-refractivity contribution < 1.29 is 19.1 Å². The maximum atomic E-state index is 12.1. The van der Waals surface area contributed by atoms with Crippen LogP contribution in [0.1, 0.15) is 20.7 Å². The molecule has 1 aliphatic heterocycles. The summed E-state index contributed by atoms with van der Waals surface area (Å²) in [5, 5.41) is 0. The van der Waals surface area contributed by atoms with E-state index in [1.807, 2.05) is 0 Å². The summed E-state index contributed by atoms with van der Waals surface area (Å²) in [7, 11) is 2.93. The van der Waals surface area contributed by atoms with E-state index < -0.39 is 5.97 Å². The number of likely N-dealkylation sites (N-methyl/N-ethyl adjacent to an activating group) is 1. The lowest BCUT2D eigenvalue weighted by Crippen LogP contribution is -2.41. The highest BCUT2D eigenvalue weighted by Gasteiger charge is 2.35. The monoisotopic (exact) mass is 262 g/mol. The first kappa shape index (κ1) is 13.2. The van der Waals surface area contributed by atoms with E-state index in [1.54, 1.807) is 36.2 Å². The highest BCUT2D eigenvalue weighted by Crippen LogP contribution is 2.22. The normalized spacial score (nSPS) is 13.9. The van der Waals surface area contributed by atoms with Crippen LogP contribution in [0, 0.1) is 0 Å². The van der Waals surface area contributed by atoms with Crippen LogP contribution in [0.25, 0.3) is 0 Å². The Morgan fingerprint density at radius 2 is 1.74 bits per heavy atom. The first-order valence-corrected chi connectivity index (χ1v) is 5.75. The SMILES string of the molecule is COC(=O)CN(C)CN1C(=O)c2ccccc2C1=O. The molecule has 0 bridgehead atoms. The minimum Gasteiger partial charge on any atom is -0.468 e. The maximum Gasteiger partial charge on any atom is 0.319 e. The molecule has 0 unspecified atom stereocenters. The van der Waals surface area contributed by atoms with Crippen molar-refractivity contribution in [2.75, 3.05) is 27.4 Å². The lowest BCUT2D eigenvalue weighted by Gasteiger charge is -2.21. The fourth-order valence-electron chi connectivity index (χ4n) is 1.94. The number of rotatable bonds is 4. The molecular formula is C13H14N2O4. The van der Waals surface area contributed by atoms with Crippen LogP contribution in [0.15, 0.2) is 24.3 Å². The molecule has 1 aromatic carbocycles. The van der Waals surface area contributed by atoms with Gasteiger partial charge in [0.05, 0.1) is 31.5 Å². The molecule has 0 radical (unpaired) electrons. The van der Waals surface area contributed by atoms with Crippen LogP contribution in [0.2, 0.25) is 0 Å². The summed E-state index contributed by atoms with van der Waals surface area (Å²) in [6.07, 6.45) is 0. The lowest BCUT2D eigenvalue weighted by atomic mass is 10.1. The molecule has 0 aromatic heterocycles. The molecule has 2 amide bonds. The smallest absolute Gasteiger partial charge is 0.319 e. The molecule has 6 nitrogen and oxygen atoms in total. The van der Waals surface area contributed by atoms with E-state index in [9.17, 15) is 14.4 Å². The molecule has 0 aliphatic carbocycles. The topological polar surface area (TPSA) is 66.9 Å². The third-order valence-electron chi connectivity index (χ3n) is 2.89. The van der Waals surface area contributed by atoms with Crippen molar-refractivity contribution in [2.45, 2.75) is 0 Å². The van der Waals surface area contributed by atoms with Crippen molar-refractivity contribution >= 4 is 17.8 Å². The minimum absolute atomic E-state index is 0.0178. The summed E-state index contributed by atoms with van der Waals surface area (Å²) in [6.45, 7) is 0.0748. The van der Waals surface area contributed by atoms with E-state index in [-0.39, 0.29) is 25.0 Å². The molecule has 0 spiro atoms. The molecule has 2 rings (SSSR count). The van der Waals surface area contributed by atoms with Crippen LogP contribution < -0.4 is 0 Å². The fourth-order valence-corrected chi connectivity index (χ4v) is 1.94. The second kappa shape index (κ2) is 5.19. The first-order chi connectivity index (χ1) is 9.04. The van der Waals surface area contributed by atoms with Gasteiger partial charge in [0.1, 0.15) is 0 Å². The molecule has 100 valence electrons. The number of nitrogens with zero attached hydrogens (tertiary/aromatic N) is 2. The van der Waals surface area contributed by atoms with Crippen LogP contribution >= 0.6 is 0 Å². The average molecular weight is 262 g/mol. The third kappa shape index (κ3) is 2.48. The van der Waals surface area contributed by atoms with E-state index in [4.69, 9.17) is 0 Å². The van der Waals surface area contributed by atoms with Gasteiger partial charge in [-0.15, -0.1) is 0 Å². The van der Waals surface area contributed by atoms with Crippen molar-refractivity contribution in [3.63, 3.8) is 0 Å². The molecule has 1 aliphatic rings. The molecule has 0 fully saturated rings. The molecule has 0 saturated carbocycles. The van der Waals surface area contributed by atoms with Crippen LogP contribution in [0.5, 0.6) is 0 Å². The Balaban J connectivity index is 2.10. The van der Waals surface area contributed by atoms with Crippen molar-refractivity contribution in [3.8, 4) is 0 Å². The minimum atomic E-state index is -0.417. The highest BCUT2D eigenvalue weighted by molar-refractivity contribution is 6.21. The van der Waals surface area contributed by atoms with E-state index in [0.717, 1.165) is 4.90 Å². The molecule has 6 heteroatoms. The van der Waals surface area contributed by atoms with Crippen molar-refractivity contribution in [3.05, 3.63) is 35.4 Å². The summed E-state index contributed by atoms with van der Waals surface area (Å²) >= 11 is 0. The summed E-state index contributed by atoms with van der Waals surface area (Å²) < 4.78 is 4.53. The zero-order valence-electron chi connectivity index (χ0n) is 10.8. The molecule has 1 aromatic rings. The fraction of sp³-hybridized carbons (Fsp3) is 0.308. The third-order valence-corrected chi connectivity index (χ3v) is 2.89. The average Bonchev–Trinajstić information content (AvgIpc) is 2.64. The number of imide groups is 1. The first-order valence-electron chi connectivity index (χ1n) is 5.75. The number of ether oxygens (including phenoxy) is 1. The van der Waals surface area contributed by atoms with Gasteiger partial charge in [-0.3, -0.25) is 24.2 Å². The molecular weight excluding hydrogens is 248 g/mol. The van der Waals surface area contributed by atoms with Crippen LogP contribution in [-0.4, -0.2) is 55.0 Å². The second-order valence-corrected chi connectivity index (χ2v) is 4.32. The van der Waals surface area contributed by atoms with Gasteiger partial charge in [-0.05, 0) is 19.2 Å². The Hall–Kier alpha value is -2.21. The predicted octanol–water partition coefficient (Wildman–Crippen LogP) is 0.345. The van der Waals surface area contributed by atoms with Gasteiger partial charge >= 0.3 is 5.97 Å². The molecule has 0 saturated heterocycles. The Morgan fingerprint density at radius 3 is 2.21 bits per heavy atom. The van der Waals surface area contributed by atoms with Gasteiger partial charge < -0.3 is 4.74 Å². The Morgan fingerprint density at radius 1 is 1.21 bits per heavy atom. The second-order valence-electron chi connectivity index (χ2n) is 4.32. The number of amides is 2. The standard InChI is InChI=1S/C13H14N2O4/c1-14(7-11(16)19-2)8-15-12(17)9-5-3-4-6-10(9)13(15)18/h3-6H,7-8H2,1-2H3. The highest BCUT2D eigenvalue weighted by atomic mass is 16.5. The Kier molecular flexibility index (Phi) is 3.62. The molecule has 19 heavy (non-hydrogen) atoms. The quantitative estimate of drug-likeness (QED) is 0.578. The number of methoxy groups -OCH3 is 1. The number of hydrogen-bond acceptors (Lipinski definition) is 5. The largest absolute Gasteiger partial charge is 0.468 e. The summed E-state index contributed by atoms with van der Waals surface area (Å²) in [5.41, 5.74) is 0.804. The van der Waals surface area contributed by atoms with Gasteiger partial charge in [0.15, 0.2) is 0 Å². The van der Waals surface area contributed by atoms with Crippen molar-refractivity contribution in [1.82, 2.24) is 9.80 Å². The molecule has 1 heterocycles. The number of benzene rings is 1. The predicted molar refractivity (Wildman–Crippen MR) is 66.5 cm³/mol. The van der Waals surface area contributed by atoms with Crippen molar-refractivity contribution in [1.29, 1.82) is 0 Å². The summed E-state index contributed by atoms with van der Waals surface area (Å²) in [6, 6.07) is 6.67. The molecule has 0 N–H and O–H groups in total. The number of fused-ring (bicyclic) bond motifs is 1. The number of esters is 1. The maximum absolute atomic E-state index is 12.1. The Labute approximate surface area is 110 Å². The van der Waals surface area contributed by atoms with E-state index in [1.165, 1.54) is 7.11 Å². The summed E-state index contributed by atoms with van der Waals surface area (Å²) in [5.74, 6) is -1.09. The number of carbonyl (C=O) groups excluding carboxylic acids is 3. The van der Waals surface area contributed by atoms with Gasteiger partial charge in [0.25, 0.3) is 11.8 Å². The summed E-state index contributed by atoms with van der Waals surface area (Å²) in [4.78, 5) is 37.9. The van der Waals surface area contributed by atoms with Gasteiger partial charge in [-0.25, -0.2) is 0 Å². The zero-order valence-corrected chi connectivity index (χ0v) is 10.8. The molecule has 0 atom stereocenters. The van der Waals surface area contributed by atoms with Crippen LogP contribution in [0.3, 0.4) is 0 Å². The van der Waals surface area contributed by atoms with E-state index >= 15 is 0 Å². The lowest BCUT2D eigenvalue weighted by molar-refractivity contribution is -0.141. The number of hydrogen-bond donors (Lipinski definition) is 0. The number of carbonyl (C=O) groups is 3. The van der Waals surface area contributed by atoms with Gasteiger partial charge in [0.2, 0.25) is 0 Å². The van der Waals surface area contributed by atoms with Crippen molar-refractivity contribution in [2.24, 2.45) is 0 Å². The van der Waals surface area contributed by atoms with Crippen LogP contribution in [0.4, 0.5) is 0 Å². The van der Waals surface area contributed by atoms with Gasteiger partial charge in [0, 0.05) is 0 Å². The Bertz CT molecular complexity index is 506. The van der Waals surface area contributed by atoms with Gasteiger partial charge in [-0.2, -0.15) is 0 Å². The van der Waals surface area contributed by atoms with E-state index in [0.29, 0.717) is 11.1 Å². The zero-order chi connectivity index (χ0) is 14.0. The van der Waals surface area contributed by atoms with E-state index in [2.05, 4.69) is 4.74 Å². The van der Waals surface area contributed by atoms with Crippen LogP contribution in [-0.2, 0) is 9.53 Å².